The zero-order valence-electron chi connectivity index (χ0n) is 27.0. The van der Waals surface area contributed by atoms with E-state index < -0.39 is 51.7 Å². The molecule has 0 radical (unpaired) electrons. The van der Waals surface area contributed by atoms with Crippen molar-refractivity contribution < 1.29 is 31.2 Å². The van der Waals surface area contributed by atoms with E-state index in [4.69, 9.17) is 0 Å². The fourth-order valence-electron chi connectivity index (χ4n) is 5.00. The number of sulfonamides is 1. The van der Waals surface area contributed by atoms with Gasteiger partial charge >= 0.3 is 6.18 Å². The number of anilines is 1. The molecule has 0 heterocycles. The van der Waals surface area contributed by atoms with E-state index in [2.05, 4.69) is 21.2 Å². The van der Waals surface area contributed by atoms with Crippen LogP contribution in [-0.2, 0) is 38.8 Å². The Kier molecular flexibility index (Phi) is 11.4. The van der Waals surface area contributed by atoms with E-state index in [1.165, 1.54) is 23.1 Å². The molecule has 4 aromatic rings. The average Bonchev–Trinajstić information content (AvgIpc) is 3.01. The molecule has 0 aromatic heterocycles. The molecule has 0 aliphatic heterocycles. The van der Waals surface area contributed by atoms with Crippen molar-refractivity contribution in [2.24, 2.45) is 0 Å². The minimum atomic E-state index is -4.77. The van der Waals surface area contributed by atoms with E-state index in [1.807, 2.05) is 18.2 Å². The molecule has 254 valence electrons. The standard InChI is InChI=1S/C36H37BrF3N3O4S/c1-25-13-19-31(20-14-25)48(46,47)43(30-12-8-11-28(22-30)36(38,39)40)24-33(44)42(23-27-15-17-29(37)18-16-27)32(34(45)41-35(2,3)4)21-26-9-6-5-7-10-26/h5-20,22,32H,21,23-24H2,1-4H3,(H,41,45)/t32-/m1/s1. The van der Waals surface area contributed by atoms with Crippen LogP contribution in [0.5, 0.6) is 0 Å². The quantitative estimate of drug-likeness (QED) is 0.172. The third-order valence-corrected chi connectivity index (χ3v) is 9.70. The average molecular weight is 745 g/mol. The van der Waals surface area contributed by atoms with Crippen LogP contribution in [0.25, 0.3) is 0 Å². The minimum Gasteiger partial charge on any atom is -0.350 e. The van der Waals surface area contributed by atoms with Gasteiger partial charge in [-0.05, 0) is 81.3 Å². The summed E-state index contributed by atoms with van der Waals surface area (Å²) in [5, 5.41) is 2.94. The Morgan fingerprint density at radius 3 is 2.04 bits per heavy atom. The highest BCUT2D eigenvalue weighted by Crippen LogP contribution is 2.33. The molecule has 48 heavy (non-hydrogen) atoms. The first-order valence-corrected chi connectivity index (χ1v) is 17.3. The molecular weight excluding hydrogens is 707 g/mol. The number of halogens is 4. The van der Waals surface area contributed by atoms with Gasteiger partial charge in [0.25, 0.3) is 10.0 Å². The van der Waals surface area contributed by atoms with Crippen LogP contribution in [0.4, 0.5) is 18.9 Å². The number of alkyl halides is 3. The number of amides is 2. The molecule has 0 aliphatic carbocycles. The Morgan fingerprint density at radius 1 is 0.833 bits per heavy atom. The number of rotatable bonds is 11. The summed E-state index contributed by atoms with van der Waals surface area (Å²) in [7, 11) is -4.56. The lowest BCUT2D eigenvalue weighted by Gasteiger charge is -2.35. The van der Waals surface area contributed by atoms with Gasteiger partial charge in [-0.25, -0.2) is 8.42 Å². The second-order valence-corrected chi connectivity index (χ2v) is 15.2. The Labute approximate surface area is 287 Å². The molecule has 0 aliphatic rings. The molecular formula is C36H37BrF3N3O4S. The summed E-state index contributed by atoms with van der Waals surface area (Å²) in [6.07, 6.45) is -4.67. The van der Waals surface area contributed by atoms with E-state index in [-0.39, 0.29) is 23.5 Å². The van der Waals surface area contributed by atoms with Gasteiger partial charge in [-0.2, -0.15) is 13.2 Å². The van der Waals surface area contributed by atoms with Crippen LogP contribution in [0.3, 0.4) is 0 Å². The largest absolute Gasteiger partial charge is 0.416 e. The van der Waals surface area contributed by atoms with Crippen molar-refractivity contribution in [3.8, 4) is 0 Å². The smallest absolute Gasteiger partial charge is 0.350 e. The molecule has 4 rings (SSSR count). The van der Waals surface area contributed by atoms with E-state index in [1.54, 1.807) is 76.2 Å². The van der Waals surface area contributed by atoms with Gasteiger partial charge in [-0.1, -0.05) is 82.2 Å². The summed E-state index contributed by atoms with van der Waals surface area (Å²) in [5.41, 5.74) is 0.0835. The number of nitrogens with one attached hydrogen (secondary N) is 1. The lowest BCUT2D eigenvalue weighted by Crippen LogP contribution is -2.56. The number of hydrogen-bond acceptors (Lipinski definition) is 4. The van der Waals surface area contributed by atoms with Gasteiger partial charge in [0.15, 0.2) is 0 Å². The molecule has 2 amide bonds. The molecule has 0 fully saturated rings. The SMILES string of the molecule is Cc1ccc(S(=O)(=O)N(CC(=O)N(Cc2ccc(Br)cc2)[C@H](Cc2ccccc2)C(=O)NC(C)(C)C)c2cccc(C(F)(F)F)c2)cc1. The van der Waals surface area contributed by atoms with Gasteiger partial charge in [0, 0.05) is 23.0 Å². The molecule has 12 heteroatoms. The first-order valence-electron chi connectivity index (χ1n) is 15.1. The predicted octanol–water partition coefficient (Wildman–Crippen LogP) is 7.53. The third-order valence-electron chi connectivity index (χ3n) is 7.38. The topological polar surface area (TPSA) is 86.8 Å². The van der Waals surface area contributed by atoms with Gasteiger partial charge in [-0.15, -0.1) is 0 Å². The molecule has 0 saturated heterocycles. The van der Waals surface area contributed by atoms with Crippen LogP contribution in [0.15, 0.2) is 112 Å². The van der Waals surface area contributed by atoms with Crippen molar-refractivity contribution >= 4 is 43.5 Å². The van der Waals surface area contributed by atoms with E-state index in [0.717, 1.165) is 27.7 Å². The predicted molar refractivity (Wildman–Crippen MR) is 184 cm³/mol. The Hall–Kier alpha value is -4.16. The van der Waals surface area contributed by atoms with Crippen molar-refractivity contribution in [2.75, 3.05) is 10.8 Å². The van der Waals surface area contributed by atoms with Gasteiger partial charge in [0.1, 0.15) is 12.6 Å². The first-order chi connectivity index (χ1) is 22.4. The maximum Gasteiger partial charge on any atom is 0.416 e. The summed E-state index contributed by atoms with van der Waals surface area (Å²) >= 11 is 3.40. The highest BCUT2D eigenvalue weighted by atomic mass is 79.9. The lowest BCUT2D eigenvalue weighted by molar-refractivity contribution is -0.140. The normalized spacial score (nSPS) is 12.7. The molecule has 1 atom stereocenters. The number of nitrogens with zero attached hydrogens (tertiary/aromatic N) is 2. The van der Waals surface area contributed by atoms with E-state index in [9.17, 15) is 31.2 Å². The van der Waals surface area contributed by atoms with Crippen LogP contribution in [0.1, 0.15) is 43.0 Å². The highest BCUT2D eigenvalue weighted by molar-refractivity contribution is 9.10. The number of aryl methyl sites for hydroxylation is 1. The van der Waals surface area contributed by atoms with Crippen LogP contribution in [0.2, 0.25) is 0 Å². The maximum absolute atomic E-state index is 14.5. The van der Waals surface area contributed by atoms with Gasteiger partial charge in [0.2, 0.25) is 11.8 Å². The molecule has 0 bridgehead atoms. The number of carbonyl (C=O) groups is 2. The van der Waals surface area contributed by atoms with Crippen molar-refractivity contribution in [2.45, 2.75) is 63.3 Å². The summed E-state index contributed by atoms with van der Waals surface area (Å²) in [6, 6.07) is 24.7. The number of benzene rings is 4. The van der Waals surface area contributed by atoms with Gasteiger partial charge < -0.3 is 10.2 Å². The lowest BCUT2D eigenvalue weighted by atomic mass is 10.0. The van der Waals surface area contributed by atoms with E-state index >= 15 is 0 Å². The highest BCUT2D eigenvalue weighted by Gasteiger charge is 2.37. The molecule has 0 unspecified atom stereocenters. The number of hydrogen-bond donors (Lipinski definition) is 1. The Balaban J connectivity index is 1.85. The van der Waals surface area contributed by atoms with E-state index in [0.29, 0.717) is 15.9 Å². The molecule has 0 spiro atoms. The third kappa shape index (κ3) is 9.70. The Morgan fingerprint density at radius 2 is 1.46 bits per heavy atom. The summed E-state index contributed by atoms with van der Waals surface area (Å²) in [6.45, 7) is 6.21. The molecule has 0 saturated carbocycles. The van der Waals surface area contributed by atoms with Crippen molar-refractivity contribution in [1.82, 2.24) is 10.2 Å². The summed E-state index contributed by atoms with van der Waals surface area (Å²) in [4.78, 5) is 29.6. The van der Waals surface area contributed by atoms with Gasteiger partial charge in [0.05, 0.1) is 16.1 Å². The summed E-state index contributed by atoms with van der Waals surface area (Å²) < 4.78 is 71.1. The number of carbonyl (C=O) groups excluding carboxylic acids is 2. The molecule has 7 nitrogen and oxygen atoms in total. The Bertz CT molecular complexity index is 1830. The van der Waals surface area contributed by atoms with Gasteiger partial charge in [-0.3, -0.25) is 13.9 Å². The monoisotopic (exact) mass is 743 g/mol. The zero-order chi connectivity index (χ0) is 35.3. The second-order valence-electron chi connectivity index (χ2n) is 12.5. The van der Waals surface area contributed by atoms with Crippen LogP contribution < -0.4 is 9.62 Å². The molecule has 1 N–H and O–H groups in total. The first kappa shape index (κ1) is 36.7. The zero-order valence-corrected chi connectivity index (χ0v) is 29.4. The fourth-order valence-corrected chi connectivity index (χ4v) is 6.67. The summed E-state index contributed by atoms with van der Waals surface area (Å²) in [5.74, 6) is -1.25. The van der Waals surface area contributed by atoms with Crippen molar-refractivity contribution in [3.63, 3.8) is 0 Å². The van der Waals surface area contributed by atoms with Crippen LogP contribution in [0, 0.1) is 6.92 Å². The molecule has 4 aromatic carbocycles. The maximum atomic E-state index is 14.5. The van der Waals surface area contributed by atoms with Crippen molar-refractivity contribution in [1.29, 1.82) is 0 Å². The fraction of sp³-hybridized carbons (Fsp3) is 0.278. The van der Waals surface area contributed by atoms with Crippen LogP contribution >= 0.6 is 15.9 Å². The van der Waals surface area contributed by atoms with Crippen LogP contribution in [-0.4, -0.2) is 43.3 Å². The second kappa shape index (κ2) is 14.9. The minimum absolute atomic E-state index is 0.0812. The van der Waals surface area contributed by atoms with Crippen molar-refractivity contribution in [3.05, 3.63) is 130 Å².